The summed E-state index contributed by atoms with van der Waals surface area (Å²) in [4.78, 5) is 30.8. The van der Waals surface area contributed by atoms with Crippen molar-refractivity contribution >= 4 is 21.3 Å². The van der Waals surface area contributed by atoms with E-state index in [1.54, 1.807) is 0 Å². The molecule has 0 spiro atoms. The maximum Gasteiger partial charge on any atom is 0.318 e. The molecule has 13 atom stereocenters. The summed E-state index contributed by atoms with van der Waals surface area (Å²) in [6, 6.07) is 29.7. The minimum atomic E-state index is -1.79. The van der Waals surface area contributed by atoms with Crippen LogP contribution in [0, 0.1) is 57.2 Å². The Morgan fingerprint density at radius 3 is 2.15 bits per heavy atom. The number of para-hydroxylation sites is 1. The van der Waals surface area contributed by atoms with Gasteiger partial charge in [0.15, 0.2) is 21.2 Å². The molecule has 4 aliphatic heterocycles. The Balaban J connectivity index is 1.03. The summed E-state index contributed by atoms with van der Waals surface area (Å²) in [7, 11) is -1.79. The average molecular weight is 905 g/mol. The fourth-order valence-corrected chi connectivity index (χ4v) is 15.2. The highest BCUT2D eigenvalue weighted by Gasteiger charge is 2.86. The van der Waals surface area contributed by atoms with E-state index in [9.17, 15) is 4.79 Å². The van der Waals surface area contributed by atoms with Crippen LogP contribution >= 0.6 is 0 Å². The van der Waals surface area contributed by atoms with E-state index in [2.05, 4.69) is 60.7 Å². The molecule has 4 aliphatic carbocycles. The molecule has 11 rings (SSSR count). The van der Waals surface area contributed by atoms with E-state index in [0.29, 0.717) is 32.0 Å². The highest BCUT2D eigenvalue weighted by Crippen LogP contribution is 2.83. The third-order valence-corrected chi connectivity index (χ3v) is 17.4. The van der Waals surface area contributed by atoms with E-state index in [0.717, 1.165) is 41.7 Å². The largest absolute Gasteiger partial charge is 0.494 e. The van der Waals surface area contributed by atoms with Gasteiger partial charge < -0.3 is 37.6 Å². The molecular weight excluding hydrogens is 837 g/mol. The average Bonchev–Trinajstić information content (AvgIpc) is 3.98. The van der Waals surface area contributed by atoms with Gasteiger partial charge in [-0.15, -0.1) is 0 Å². The van der Waals surface area contributed by atoms with Crippen molar-refractivity contribution in [2.45, 2.75) is 123 Å². The number of allylic oxidation sites excluding steroid dienone is 1. The summed E-state index contributed by atoms with van der Waals surface area (Å²) in [5.41, 5.74) is -0.808. The molecule has 11 heteroatoms. The van der Waals surface area contributed by atoms with Crippen LogP contribution in [0.25, 0.3) is 0 Å². The van der Waals surface area contributed by atoms with Crippen LogP contribution in [-0.2, 0) is 42.4 Å². The Kier molecular flexibility index (Phi) is 11.5. The van der Waals surface area contributed by atoms with Gasteiger partial charge in [-0.3, -0.25) is 9.53 Å². The van der Waals surface area contributed by atoms with E-state index in [1.165, 1.54) is 6.29 Å². The number of hydrogen-bond acceptors (Lipinski definition) is 10. The molecule has 3 aromatic carbocycles. The third-order valence-electron chi connectivity index (χ3n) is 16.6. The molecule has 3 aromatic rings. The SMILES string of the molecule is CC(C)C1=CC2CC3(C=O)C4CCC(C)C4CC2(COC24OC5C(OCCCOc6ccccc6)C(OC5(O[SiH](C)C)O2)C4C(C)(C)C)C13C(=O)OC(c1ccccc1)c1ccccc1. The molecule has 4 heterocycles. The molecule has 7 fully saturated rings. The number of fused-ring (bicyclic) bond motifs is 2. The van der Waals surface area contributed by atoms with E-state index < -0.39 is 73.0 Å². The van der Waals surface area contributed by atoms with Gasteiger partial charge in [-0.25, -0.2) is 0 Å². The fraction of sp³-hybridized carbons (Fsp3) is 0.593. The summed E-state index contributed by atoms with van der Waals surface area (Å²) in [5, 5.41) is 0. The number of hydrogen-bond donors (Lipinski definition) is 0. The van der Waals surface area contributed by atoms with Crippen LogP contribution < -0.4 is 4.74 Å². The van der Waals surface area contributed by atoms with Gasteiger partial charge in [-0.05, 0) is 90.6 Å². The van der Waals surface area contributed by atoms with Gasteiger partial charge in [0.1, 0.15) is 29.7 Å². The normalized spacial score (nSPS) is 38.5. The lowest BCUT2D eigenvalue weighted by molar-refractivity contribution is -0.491. The lowest BCUT2D eigenvalue weighted by Crippen LogP contribution is -2.66. The van der Waals surface area contributed by atoms with E-state index in [4.69, 9.17) is 37.6 Å². The quantitative estimate of drug-likeness (QED) is 0.0427. The summed E-state index contributed by atoms with van der Waals surface area (Å²) >= 11 is 0. The number of aldehydes is 1. The number of carbonyl (C=O) groups excluding carboxylic acids is 2. The van der Waals surface area contributed by atoms with Crippen molar-refractivity contribution in [2.24, 2.45) is 57.2 Å². The molecule has 8 bridgehead atoms. The van der Waals surface area contributed by atoms with Gasteiger partial charge in [-0.2, -0.15) is 0 Å². The molecular formula is C54H68O10Si. The molecule has 10 nitrogen and oxygen atoms in total. The standard InChI is InChI=1S/C54H68O10Si/c1-34(2)42-29-38-30-50(32-55)41-26-25-35(3)40(41)31-51(38,52(42,50)48(56)60-43(36-19-12-9-13-20-36)37-21-14-10-15-22-37)33-59-53-46(49(4,5)6)44-45(47(62-53)54(61-44,63-53)64-65(7)8)58-28-18-27-57-39-23-16-11-17-24-39/h9-17,19-24,29,32,34-35,38,40-41,43-47,65H,18,25-28,30-31,33H2,1-8H3. The molecule has 13 unspecified atom stereocenters. The van der Waals surface area contributed by atoms with Crippen LogP contribution in [0.1, 0.15) is 90.9 Å². The van der Waals surface area contributed by atoms with Crippen LogP contribution in [0.15, 0.2) is 103 Å². The fourth-order valence-electron chi connectivity index (χ4n) is 14.3. The molecule has 65 heavy (non-hydrogen) atoms. The second-order valence-electron chi connectivity index (χ2n) is 21.9. The minimum absolute atomic E-state index is 0.0305. The molecule has 0 radical (unpaired) electrons. The first-order chi connectivity index (χ1) is 31.2. The zero-order valence-corrected chi connectivity index (χ0v) is 40.6. The second-order valence-corrected chi connectivity index (χ2v) is 24.2. The van der Waals surface area contributed by atoms with Gasteiger partial charge >= 0.3 is 11.9 Å². The summed E-state index contributed by atoms with van der Waals surface area (Å²) in [6.07, 6.45) is 5.05. The maximum absolute atomic E-state index is 16.3. The van der Waals surface area contributed by atoms with Crippen molar-refractivity contribution in [3.05, 3.63) is 114 Å². The van der Waals surface area contributed by atoms with Gasteiger partial charge in [0.2, 0.25) is 0 Å². The number of carbonyl (C=O) groups is 2. The summed E-state index contributed by atoms with van der Waals surface area (Å²) in [5.74, 6) is -2.54. The van der Waals surface area contributed by atoms with Gasteiger partial charge in [0, 0.05) is 11.8 Å². The zero-order chi connectivity index (χ0) is 45.6. The zero-order valence-electron chi connectivity index (χ0n) is 39.4. The Labute approximate surface area is 386 Å². The van der Waals surface area contributed by atoms with Crippen molar-refractivity contribution in [3.63, 3.8) is 0 Å². The van der Waals surface area contributed by atoms with Crippen LogP contribution in [0.3, 0.4) is 0 Å². The van der Waals surface area contributed by atoms with Crippen molar-refractivity contribution in [1.82, 2.24) is 0 Å². The van der Waals surface area contributed by atoms with Crippen LogP contribution in [0.4, 0.5) is 0 Å². The Morgan fingerprint density at radius 1 is 0.877 bits per heavy atom. The second kappa shape index (κ2) is 16.5. The molecule has 0 aromatic heterocycles. The summed E-state index contributed by atoms with van der Waals surface area (Å²) in [6.45, 7) is 18.3. The van der Waals surface area contributed by atoms with Crippen LogP contribution in [0.5, 0.6) is 5.75 Å². The van der Waals surface area contributed by atoms with Crippen LogP contribution in [0.2, 0.25) is 13.1 Å². The van der Waals surface area contributed by atoms with E-state index >= 15 is 4.79 Å². The van der Waals surface area contributed by atoms with Gasteiger partial charge in [0.25, 0.3) is 5.97 Å². The van der Waals surface area contributed by atoms with Crippen molar-refractivity contribution in [2.75, 3.05) is 19.8 Å². The van der Waals surface area contributed by atoms with Gasteiger partial charge in [0.05, 0.1) is 31.2 Å². The van der Waals surface area contributed by atoms with Gasteiger partial charge in [-0.1, -0.05) is 138 Å². The summed E-state index contributed by atoms with van der Waals surface area (Å²) < 4.78 is 55.2. The Morgan fingerprint density at radius 2 is 1.54 bits per heavy atom. The number of esters is 1. The highest BCUT2D eigenvalue weighted by molar-refractivity contribution is 6.48. The topological polar surface area (TPSA) is 108 Å². The smallest absolute Gasteiger partial charge is 0.318 e. The first-order valence-corrected chi connectivity index (χ1v) is 27.1. The number of rotatable bonds is 17. The Bertz CT molecular complexity index is 2210. The van der Waals surface area contributed by atoms with Crippen molar-refractivity contribution < 1.29 is 47.2 Å². The Hall–Kier alpha value is -3.68. The molecule has 0 N–H and O–H groups in total. The molecule has 8 aliphatic rings. The number of ether oxygens (including phenoxy) is 7. The lowest BCUT2D eigenvalue weighted by atomic mass is 9.43. The van der Waals surface area contributed by atoms with Crippen LogP contribution in [-0.4, -0.2) is 71.4 Å². The first kappa shape index (κ1) is 45.1. The van der Waals surface area contributed by atoms with E-state index in [1.807, 2.05) is 91.0 Å². The molecule has 3 saturated carbocycles. The predicted molar refractivity (Wildman–Crippen MR) is 247 cm³/mol. The number of benzene rings is 3. The molecule has 0 amide bonds. The van der Waals surface area contributed by atoms with E-state index in [-0.39, 0.29) is 36.2 Å². The first-order valence-electron chi connectivity index (χ1n) is 24.3. The highest BCUT2D eigenvalue weighted by atomic mass is 28.3. The van der Waals surface area contributed by atoms with Crippen molar-refractivity contribution in [3.8, 4) is 5.75 Å². The molecule has 348 valence electrons. The third kappa shape index (κ3) is 6.75. The lowest BCUT2D eigenvalue weighted by Gasteiger charge is -2.59. The monoisotopic (exact) mass is 904 g/mol. The minimum Gasteiger partial charge on any atom is -0.494 e. The predicted octanol–water partition coefficient (Wildman–Crippen LogP) is 9.83. The maximum atomic E-state index is 16.3. The molecule has 4 saturated heterocycles. The van der Waals surface area contributed by atoms with Crippen molar-refractivity contribution in [1.29, 1.82) is 0 Å².